The standard InChI is InChI=1S/C12H9F7N2O2/c1-6-3-2-4-7(5-6)8(20)21-23-9(22)10(13,14)11(15,16)12(17,18)19/h2-5H,1H3,(H2,20,21). The Morgan fingerprint density at radius 2 is 1.70 bits per heavy atom. The minimum absolute atomic E-state index is 0.0868. The van der Waals surface area contributed by atoms with Crippen molar-refractivity contribution < 1.29 is 40.4 Å². The summed E-state index contributed by atoms with van der Waals surface area (Å²) < 4.78 is 86.8. The molecule has 0 unspecified atom stereocenters. The van der Waals surface area contributed by atoms with E-state index in [2.05, 4.69) is 9.99 Å². The van der Waals surface area contributed by atoms with E-state index in [-0.39, 0.29) is 5.56 Å². The lowest BCUT2D eigenvalue weighted by Gasteiger charge is -2.25. The van der Waals surface area contributed by atoms with Crippen LogP contribution in [0.1, 0.15) is 11.1 Å². The molecule has 0 radical (unpaired) electrons. The van der Waals surface area contributed by atoms with Gasteiger partial charge in [0.15, 0.2) is 5.84 Å². The monoisotopic (exact) mass is 346 g/mol. The first-order valence-corrected chi connectivity index (χ1v) is 5.75. The molecule has 0 spiro atoms. The predicted molar refractivity (Wildman–Crippen MR) is 63.9 cm³/mol. The number of oxime groups is 1. The third kappa shape index (κ3) is 3.71. The average Bonchev–Trinajstić information content (AvgIpc) is 2.42. The highest BCUT2D eigenvalue weighted by Gasteiger charge is 2.77. The first kappa shape index (κ1) is 18.7. The number of rotatable bonds is 4. The molecule has 4 nitrogen and oxygen atoms in total. The Balaban J connectivity index is 2.97. The van der Waals surface area contributed by atoms with Crippen LogP contribution in [0.2, 0.25) is 0 Å². The Hall–Kier alpha value is -2.33. The van der Waals surface area contributed by atoms with E-state index in [1.165, 1.54) is 18.2 Å². The largest absolute Gasteiger partial charge is 0.460 e. The lowest BCUT2D eigenvalue weighted by molar-refractivity contribution is -0.348. The molecule has 23 heavy (non-hydrogen) atoms. The van der Waals surface area contributed by atoms with Gasteiger partial charge in [0.25, 0.3) is 0 Å². The molecule has 0 aromatic heterocycles. The van der Waals surface area contributed by atoms with Gasteiger partial charge in [0.1, 0.15) is 0 Å². The fourth-order valence-corrected chi connectivity index (χ4v) is 1.31. The second-order valence-corrected chi connectivity index (χ2v) is 4.37. The van der Waals surface area contributed by atoms with Crippen LogP contribution < -0.4 is 5.73 Å². The van der Waals surface area contributed by atoms with E-state index in [0.29, 0.717) is 5.56 Å². The number of carbonyl (C=O) groups is 1. The number of halogens is 7. The molecule has 0 aliphatic heterocycles. The van der Waals surface area contributed by atoms with Gasteiger partial charge in [-0.3, -0.25) is 0 Å². The highest BCUT2D eigenvalue weighted by Crippen LogP contribution is 2.46. The average molecular weight is 346 g/mol. The number of nitrogens with two attached hydrogens (primary N) is 1. The Labute approximate surface area is 124 Å². The van der Waals surface area contributed by atoms with E-state index >= 15 is 0 Å². The van der Waals surface area contributed by atoms with Gasteiger partial charge >= 0.3 is 24.0 Å². The van der Waals surface area contributed by atoms with Gasteiger partial charge in [-0.05, 0) is 13.0 Å². The molecular weight excluding hydrogens is 337 g/mol. The molecule has 11 heteroatoms. The van der Waals surface area contributed by atoms with Crippen LogP contribution in [-0.4, -0.2) is 29.8 Å². The van der Waals surface area contributed by atoms with E-state index in [9.17, 15) is 35.5 Å². The highest BCUT2D eigenvalue weighted by molar-refractivity contribution is 5.97. The van der Waals surface area contributed by atoms with E-state index < -0.39 is 29.8 Å². The van der Waals surface area contributed by atoms with Crippen LogP contribution in [0.5, 0.6) is 0 Å². The Kier molecular flexibility index (Phi) is 4.92. The molecule has 0 heterocycles. The molecule has 0 atom stereocenters. The quantitative estimate of drug-likeness (QED) is 0.300. The summed E-state index contributed by atoms with van der Waals surface area (Å²) in [6.07, 6.45) is -6.65. The third-order valence-electron chi connectivity index (χ3n) is 2.55. The van der Waals surface area contributed by atoms with Crippen molar-refractivity contribution in [1.29, 1.82) is 0 Å². The first-order valence-electron chi connectivity index (χ1n) is 5.75. The van der Waals surface area contributed by atoms with E-state index in [4.69, 9.17) is 5.73 Å². The number of aryl methyl sites for hydroxylation is 1. The molecular formula is C12H9F7N2O2. The van der Waals surface area contributed by atoms with Crippen molar-refractivity contribution in [3.63, 3.8) is 0 Å². The molecule has 0 saturated carbocycles. The number of carbonyl (C=O) groups excluding carboxylic acids is 1. The lowest BCUT2D eigenvalue weighted by atomic mass is 10.1. The van der Waals surface area contributed by atoms with Crippen LogP contribution in [-0.2, 0) is 9.63 Å². The summed E-state index contributed by atoms with van der Waals surface area (Å²) in [6.45, 7) is 1.63. The number of nitrogens with zero attached hydrogens (tertiary/aromatic N) is 1. The minimum Gasteiger partial charge on any atom is -0.380 e. The van der Waals surface area contributed by atoms with Crippen molar-refractivity contribution in [2.24, 2.45) is 10.9 Å². The summed E-state index contributed by atoms with van der Waals surface area (Å²) >= 11 is 0. The lowest BCUT2D eigenvalue weighted by Crippen LogP contribution is -2.56. The van der Waals surface area contributed by atoms with E-state index in [1.807, 2.05) is 0 Å². The van der Waals surface area contributed by atoms with Crippen LogP contribution in [0.3, 0.4) is 0 Å². The molecule has 1 rings (SSSR count). The predicted octanol–water partition coefficient (Wildman–Crippen LogP) is 2.99. The smallest absolute Gasteiger partial charge is 0.380 e. The minimum atomic E-state index is -6.65. The van der Waals surface area contributed by atoms with Gasteiger partial charge in [-0.2, -0.15) is 30.7 Å². The third-order valence-corrected chi connectivity index (χ3v) is 2.55. The van der Waals surface area contributed by atoms with Crippen molar-refractivity contribution >= 4 is 11.8 Å². The summed E-state index contributed by atoms with van der Waals surface area (Å²) in [6, 6.07) is 5.80. The second kappa shape index (κ2) is 6.05. The molecule has 0 aliphatic rings. The maximum atomic E-state index is 13.0. The molecule has 0 saturated heterocycles. The zero-order valence-electron chi connectivity index (χ0n) is 11.3. The number of hydrogen-bond acceptors (Lipinski definition) is 3. The molecule has 0 fully saturated rings. The first-order chi connectivity index (χ1) is 10.3. The van der Waals surface area contributed by atoms with Crippen molar-refractivity contribution in [2.45, 2.75) is 24.9 Å². The van der Waals surface area contributed by atoms with Gasteiger partial charge in [-0.15, -0.1) is 0 Å². The van der Waals surface area contributed by atoms with Crippen LogP contribution in [0.4, 0.5) is 30.7 Å². The summed E-state index contributed by atoms with van der Waals surface area (Å²) in [5, 5.41) is 2.66. The summed E-state index contributed by atoms with van der Waals surface area (Å²) in [7, 11) is 0. The Bertz CT molecular complexity index is 626. The SMILES string of the molecule is Cc1cccc(/C(N)=N/OC(=O)C(F)(F)C(F)(F)C(F)(F)F)c1. The zero-order chi connectivity index (χ0) is 18.1. The topological polar surface area (TPSA) is 64.7 Å². The van der Waals surface area contributed by atoms with Gasteiger partial charge in [-0.25, -0.2) is 4.79 Å². The maximum Gasteiger partial charge on any atom is 0.460 e. The normalized spacial score (nSPS) is 13.8. The van der Waals surface area contributed by atoms with Crippen molar-refractivity contribution in [3.8, 4) is 0 Å². The summed E-state index contributed by atoms with van der Waals surface area (Å²) in [4.78, 5) is 14.3. The molecule has 1 aromatic carbocycles. The second-order valence-electron chi connectivity index (χ2n) is 4.37. The van der Waals surface area contributed by atoms with E-state index in [0.717, 1.165) is 0 Å². The zero-order valence-corrected chi connectivity index (χ0v) is 11.3. The van der Waals surface area contributed by atoms with Crippen molar-refractivity contribution in [2.75, 3.05) is 0 Å². The number of alkyl halides is 7. The fraction of sp³-hybridized carbons (Fsp3) is 0.333. The van der Waals surface area contributed by atoms with E-state index in [1.54, 1.807) is 13.0 Å². The van der Waals surface area contributed by atoms with Gasteiger partial charge in [0, 0.05) is 5.56 Å². The van der Waals surface area contributed by atoms with Gasteiger partial charge in [-0.1, -0.05) is 28.9 Å². The molecule has 2 N–H and O–H groups in total. The maximum absolute atomic E-state index is 13.0. The summed E-state index contributed by atoms with van der Waals surface area (Å²) in [5.41, 5.74) is 6.01. The van der Waals surface area contributed by atoms with Crippen molar-refractivity contribution in [1.82, 2.24) is 0 Å². The highest BCUT2D eigenvalue weighted by atomic mass is 19.4. The fourth-order valence-electron chi connectivity index (χ4n) is 1.31. The van der Waals surface area contributed by atoms with Crippen LogP contribution in [0.25, 0.3) is 0 Å². The van der Waals surface area contributed by atoms with Crippen LogP contribution in [0, 0.1) is 6.92 Å². The summed E-state index contributed by atoms with van der Waals surface area (Å²) in [5.74, 6) is -16.6. The molecule has 0 bridgehead atoms. The molecule has 0 amide bonds. The van der Waals surface area contributed by atoms with Gasteiger partial charge < -0.3 is 10.6 Å². The molecule has 0 aliphatic carbocycles. The molecule has 128 valence electrons. The Morgan fingerprint density at radius 1 is 1.13 bits per heavy atom. The van der Waals surface area contributed by atoms with Gasteiger partial charge in [0.05, 0.1) is 0 Å². The Morgan fingerprint density at radius 3 is 2.17 bits per heavy atom. The van der Waals surface area contributed by atoms with Gasteiger partial charge in [0.2, 0.25) is 0 Å². The van der Waals surface area contributed by atoms with Crippen molar-refractivity contribution in [3.05, 3.63) is 35.4 Å². The van der Waals surface area contributed by atoms with Crippen LogP contribution in [0.15, 0.2) is 29.4 Å². The molecule has 1 aromatic rings. The number of amidine groups is 1. The number of hydrogen-bond donors (Lipinski definition) is 1. The van der Waals surface area contributed by atoms with Crippen LogP contribution >= 0.6 is 0 Å². The number of benzene rings is 1.